The largest absolute Gasteiger partial charge is 0.493 e. The van der Waals surface area contributed by atoms with Crippen molar-refractivity contribution in [3.8, 4) is 11.5 Å². The van der Waals surface area contributed by atoms with Gasteiger partial charge >= 0.3 is 0 Å². The fraction of sp³-hybridized carbons (Fsp3) is 0.120. The van der Waals surface area contributed by atoms with Gasteiger partial charge < -0.3 is 9.47 Å². The second kappa shape index (κ2) is 9.35. The lowest BCUT2D eigenvalue weighted by Gasteiger charge is -2.11. The standard InChI is InChI=1S/C25H21N3O5/c1-3-33-23-16-17(9-14-22(23)32-2)15-21-24(18-7-5-4-6-8-18)26-27(25(21)29)19-10-12-20(13-11-19)28(30)31/h4-16H,3H2,1-2H3. The van der Waals surface area contributed by atoms with Gasteiger partial charge in [0.25, 0.3) is 11.6 Å². The normalized spacial score (nSPS) is 14.4. The zero-order valence-electron chi connectivity index (χ0n) is 18.1. The van der Waals surface area contributed by atoms with Gasteiger partial charge in [-0.25, -0.2) is 0 Å². The van der Waals surface area contributed by atoms with Crippen LogP contribution >= 0.6 is 0 Å². The van der Waals surface area contributed by atoms with Gasteiger partial charge in [-0.05, 0) is 42.8 Å². The van der Waals surface area contributed by atoms with Gasteiger partial charge in [0.1, 0.15) is 5.71 Å². The Hall–Kier alpha value is -4.46. The highest BCUT2D eigenvalue weighted by atomic mass is 16.6. The Balaban J connectivity index is 1.78. The molecule has 1 aliphatic rings. The van der Waals surface area contributed by atoms with Crippen LogP contribution in [-0.4, -0.2) is 30.3 Å². The maximum atomic E-state index is 13.4. The van der Waals surface area contributed by atoms with Gasteiger partial charge in [0.2, 0.25) is 0 Å². The fourth-order valence-corrected chi connectivity index (χ4v) is 3.46. The van der Waals surface area contributed by atoms with Crippen LogP contribution in [0.3, 0.4) is 0 Å². The molecular formula is C25H21N3O5. The summed E-state index contributed by atoms with van der Waals surface area (Å²) in [6.45, 7) is 2.35. The van der Waals surface area contributed by atoms with Crippen LogP contribution in [0.15, 0.2) is 83.5 Å². The molecule has 3 aromatic rings. The summed E-state index contributed by atoms with van der Waals surface area (Å²) >= 11 is 0. The van der Waals surface area contributed by atoms with Crippen LogP contribution < -0.4 is 14.5 Å². The number of nitro benzene ring substituents is 1. The summed E-state index contributed by atoms with van der Waals surface area (Å²) in [4.78, 5) is 23.9. The molecule has 1 amide bonds. The number of ether oxygens (including phenoxy) is 2. The summed E-state index contributed by atoms with van der Waals surface area (Å²) in [5, 5.41) is 16.8. The highest BCUT2D eigenvalue weighted by Crippen LogP contribution is 2.32. The lowest BCUT2D eigenvalue weighted by Crippen LogP contribution is -2.21. The zero-order valence-corrected chi connectivity index (χ0v) is 18.1. The van der Waals surface area contributed by atoms with E-state index >= 15 is 0 Å². The third kappa shape index (κ3) is 4.45. The third-order valence-electron chi connectivity index (χ3n) is 5.03. The van der Waals surface area contributed by atoms with E-state index in [0.717, 1.165) is 11.1 Å². The van der Waals surface area contributed by atoms with Crippen molar-refractivity contribution >= 4 is 29.1 Å². The van der Waals surface area contributed by atoms with Crippen molar-refractivity contribution in [3.05, 3.63) is 99.6 Å². The van der Waals surface area contributed by atoms with Crippen LogP contribution in [0.1, 0.15) is 18.1 Å². The number of hydrazone groups is 1. The maximum absolute atomic E-state index is 13.4. The molecule has 0 aliphatic carbocycles. The van der Waals surface area contributed by atoms with Crippen molar-refractivity contribution in [1.82, 2.24) is 0 Å². The smallest absolute Gasteiger partial charge is 0.281 e. The number of nitrogens with zero attached hydrogens (tertiary/aromatic N) is 3. The first kappa shape index (κ1) is 21.8. The van der Waals surface area contributed by atoms with Crippen LogP contribution in [0.5, 0.6) is 11.5 Å². The summed E-state index contributed by atoms with van der Waals surface area (Å²) < 4.78 is 11.0. The Morgan fingerprint density at radius 1 is 1.03 bits per heavy atom. The van der Waals surface area contributed by atoms with E-state index in [0.29, 0.717) is 35.1 Å². The number of non-ortho nitro benzene ring substituents is 1. The Kier molecular flexibility index (Phi) is 6.17. The van der Waals surface area contributed by atoms with E-state index in [1.807, 2.05) is 43.3 Å². The number of hydrogen-bond acceptors (Lipinski definition) is 6. The molecule has 4 rings (SSSR count). The minimum absolute atomic E-state index is 0.0601. The van der Waals surface area contributed by atoms with Gasteiger partial charge in [-0.1, -0.05) is 36.4 Å². The summed E-state index contributed by atoms with van der Waals surface area (Å²) in [5.74, 6) is 0.836. The summed E-state index contributed by atoms with van der Waals surface area (Å²) in [6, 6.07) is 20.5. The molecule has 0 radical (unpaired) electrons. The van der Waals surface area contributed by atoms with Gasteiger partial charge in [-0.3, -0.25) is 14.9 Å². The topological polar surface area (TPSA) is 94.3 Å². The third-order valence-corrected chi connectivity index (χ3v) is 5.03. The first-order valence-corrected chi connectivity index (χ1v) is 10.3. The van der Waals surface area contributed by atoms with Gasteiger partial charge in [-0.15, -0.1) is 0 Å². The van der Waals surface area contributed by atoms with Crippen molar-refractivity contribution in [2.75, 3.05) is 18.7 Å². The lowest BCUT2D eigenvalue weighted by atomic mass is 10.00. The molecule has 33 heavy (non-hydrogen) atoms. The highest BCUT2D eigenvalue weighted by molar-refractivity contribution is 6.37. The van der Waals surface area contributed by atoms with Crippen LogP contribution in [-0.2, 0) is 4.79 Å². The van der Waals surface area contributed by atoms with Crippen LogP contribution in [0.25, 0.3) is 6.08 Å². The molecular weight excluding hydrogens is 422 g/mol. The Morgan fingerprint density at radius 2 is 1.76 bits per heavy atom. The van der Waals surface area contributed by atoms with Gasteiger partial charge in [-0.2, -0.15) is 10.1 Å². The molecule has 3 aromatic carbocycles. The van der Waals surface area contributed by atoms with E-state index in [2.05, 4.69) is 5.10 Å². The molecule has 0 saturated heterocycles. The number of anilines is 1. The number of amides is 1. The molecule has 0 N–H and O–H groups in total. The van der Waals surface area contributed by atoms with Gasteiger partial charge in [0.05, 0.1) is 29.9 Å². The second-order valence-electron chi connectivity index (χ2n) is 7.11. The average molecular weight is 443 g/mol. The molecule has 1 heterocycles. The van der Waals surface area contributed by atoms with Gasteiger partial charge in [0, 0.05) is 17.7 Å². The number of hydrogen-bond donors (Lipinski definition) is 0. The molecule has 0 bridgehead atoms. The molecule has 0 atom stereocenters. The van der Waals surface area contributed by atoms with Crippen molar-refractivity contribution < 1.29 is 19.2 Å². The molecule has 0 fully saturated rings. The minimum atomic E-state index is -0.487. The Morgan fingerprint density at radius 3 is 2.39 bits per heavy atom. The van der Waals surface area contributed by atoms with Crippen molar-refractivity contribution in [3.63, 3.8) is 0 Å². The first-order valence-electron chi connectivity index (χ1n) is 10.3. The average Bonchev–Trinajstić information content (AvgIpc) is 3.16. The molecule has 8 heteroatoms. The Labute approximate surface area is 190 Å². The van der Waals surface area contributed by atoms with E-state index in [4.69, 9.17) is 9.47 Å². The Bertz CT molecular complexity index is 1250. The molecule has 0 aromatic heterocycles. The van der Waals surface area contributed by atoms with Crippen LogP contribution in [0.4, 0.5) is 11.4 Å². The summed E-state index contributed by atoms with van der Waals surface area (Å²) in [6.07, 6.45) is 1.75. The molecule has 0 saturated carbocycles. The first-order chi connectivity index (χ1) is 16.0. The zero-order chi connectivity index (χ0) is 23.4. The van der Waals surface area contributed by atoms with E-state index in [9.17, 15) is 14.9 Å². The van der Waals surface area contributed by atoms with E-state index in [-0.39, 0.29) is 11.6 Å². The van der Waals surface area contributed by atoms with Crippen LogP contribution in [0.2, 0.25) is 0 Å². The maximum Gasteiger partial charge on any atom is 0.281 e. The number of carbonyl (C=O) groups is 1. The summed E-state index contributed by atoms with van der Waals surface area (Å²) in [7, 11) is 1.57. The highest BCUT2D eigenvalue weighted by Gasteiger charge is 2.32. The lowest BCUT2D eigenvalue weighted by molar-refractivity contribution is -0.384. The molecule has 0 unspecified atom stereocenters. The van der Waals surface area contributed by atoms with E-state index in [1.54, 1.807) is 25.3 Å². The van der Waals surface area contributed by atoms with Crippen molar-refractivity contribution in [2.24, 2.45) is 5.10 Å². The fourth-order valence-electron chi connectivity index (χ4n) is 3.46. The number of rotatable bonds is 7. The van der Waals surface area contributed by atoms with Crippen molar-refractivity contribution in [2.45, 2.75) is 6.92 Å². The SMILES string of the molecule is CCOc1cc(C=C2C(=O)N(c3ccc([N+](=O)[O-])cc3)N=C2c2ccccc2)ccc1OC. The predicted octanol–water partition coefficient (Wildman–Crippen LogP) is 4.84. The van der Waals surface area contributed by atoms with E-state index < -0.39 is 4.92 Å². The minimum Gasteiger partial charge on any atom is -0.493 e. The molecule has 166 valence electrons. The molecule has 0 spiro atoms. The quantitative estimate of drug-likeness (QED) is 0.296. The number of benzene rings is 3. The van der Waals surface area contributed by atoms with Crippen molar-refractivity contribution in [1.29, 1.82) is 0 Å². The number of carbonyl (C=O) groups excluding carboxylic acids is 1. The van der Waals surface area contributed by atoms with Crippen LogP contribution in [0, 0.1) is 10.1 Å². The number of nitro groups is 1. The monoisotopic (exact) mass is 443 g/mol. The second-order valence-corrected chi connectivity index (χ2v) is 7.11. The van der Waals surface area contributed by atoms with Gasteiger partial charge in [0.15, 0.2) is 11.5 Å². The number of methoxy groups -OCH3 is 1. The van der Waals surface area contributed by atoms with E-state index in [1.165, 1.54) is 29.3 Å². The molecule has 1 aliphatic heterocycles. The molecule has 8 nitrogen and oxygen atoms in total. The predicted molar refractivity (Wildman–Crippen MR) is 126 cm³/mol. The summed E-state index contributed by atoms with van der Waals surface area (Å²) in [5.41, 5.74) is 2.80.